The highest BCUT2D eigenvalue weighted by atomic mass is 79.9. The molecule has 0 aliphatic carbocycles. The SMILES string of the molecule is CC(Nc1cccc(O)c1)c1cc(Br)ccc1F. The van der Waals surface area contributed by atoms with Crippen LogP contribution in [0.5, 0.6) is 5.75 Å². The highest BCUT2D eigenvalue weighted by molar-refractivity contribution is 9.10. The van der Waals surface area contributed by atoms with Crippen molar-refractivity contribution in [2.75, 3.05) is 5.32 Å². The van der Waals surface area contributed by atoms with Crippen LogP contribution in [0.25, 0.3) is 0 Å². The van der Waals surface area contributed by atoms with Crippen molar-refractivity contribution in [3.8, 4) is 5.75 Å². The number of phenols is 1. The number of aromatic hydroxyl groups is 1. The zero-order valence-corrected chi connectivity index (χ0v) is 11.4. The van der Waals surface area contributed by atoms with Gasteiger partial charge in [0, 0.05) is 21.8 Å². The monoisotopic (exact) mass is 309 g/mol. The molecule has 2 rings (SSSR count). The summed E-state index contributed by atoms with van der Waals surface area (Å²) >= 11 is 3.33. The van der Waals surface area contributed by atoms with E-state index in [1.165, 1.54) is 6.07 Å². The van der Waals surface area contributed by atoms with Crippen molar-refractivity contribution in [3.63, 3.8) is 0 Å². The first-order valence-corrected chi connectivity index (χ1v) is 6.36. The molecule has 2 aromatic carbocycles. The number of phenolic OH excluding ortho intramolecular Hbond substituents is 1. The average Bonchev–Trinajstić information content (AvgIpc) is 2.32. The largest absolute Gasteiger partial charge is 0.508 e. The maximum Gasteiger partial charge on any atom is 0.128 e. The van der Waals surface area contributed by atoms with E-state index < -0.39 is 0 Å². The van der Waals surface area contributed by atoms with Crippen LogP contribution in [-0.4, -0.2) is 5.11 Å². The summed E-state index contributed by atoms with van der Waals surface area (Å²) in [6, 6.07) is 11.4. The first-order valence-electron chi connectivity index (χ1n) is 5.57. The Bertz CT molecular complexity index is 559. The molecule has 1 unspecified atom stereocenters. The van der Waals surface area contributed by atoms with Crippen LogP contribution in [0.4, 0.5) is 10.1 Å². The van der Waals surface area contributed by atoms with Gasteiger partial charge in [-0.05, 0) is 37.3 Å². The fourth-order valence-corrected chi connectivity index (χ4v) is 2.15. The van der Waals surface area contributed by atoms with Crippen molar-refractivity contribution in [2.45, 2.75) is 13.0 Å². The molecule has 94 valence electrons. The Morgan fingerprint density at radius 3 is 2.72 bits per heavy atom. The van der Waals surface area contributed by atoms with Crippen LogP contribution < -0.4 is 5.32 Å². The first-order chi connectivity index (χ1) is 8.56. The Balaban J connectivity index is 2.21. The minimum atomic E-state index is -0.252. The normalized spacial score (nSPS) is 12.2. The van der Waals surface area contributed by atoms with Crippen LogP contribution in [0.2, 0.25) is 0 Å². The summed E-state index contributed by atoms with van der Waals surface area (Å²) in [4.78, 5) is 0. The van der Waals surface area contributed by atoms with Crippen LogP contribution in [-0.2, 0) is 0 Å². The molecule has 18 heavy (non-hydrogen) atoms. The maximum atomic E-state index is 13.7. The smallest absolute Gasteiger partial charge is 0.128 e. The Morgan fingerprint density at radius 2 is 2.00 bits per heavy atom. The molecule has 0 saturated carbocycles. The molecule has 4 heteroatoms. The number of hydrogen-bond acceptors (Lipinski definition) is 2. The molecule has 0 aromatic heterocycles. The van der Waals surface area contributed by atoms with Crippen LogP contribution in [0, 0.1) is 5.82 Å². The van der Waals surface area contributed by atoms with Gasteiger partial charge >= 0.3 is 0 Å². The van der Waals surface area contributed by atoms with Gasteiger partial charge in [0.15, 0.2) is 0 Å². The Morgan fingerprint density at radius 1 is 1.22 bits per heavy atom. The molecule has 0 radical (unpaired) electrons. The minimum absolute atomic E-state index is 0.182. The third-order valence-electron chi connectivity index (χ3n) is 2.65. The van der Waals surface area contributed by atoms with Crippen LogP contribution in [0.15, 0.2) is 46.9 Å². The average molecular weight is 310 g/mol. The van der Waals surface area contributed by atoms with E-state index in [0.717, 1.165) is 10.2 Å². The summed E-state index contributed by atoms with van der Waals surface area (Å²) in [5, 5.41) is 12.5. The number of rotatable bonds is 3. The Hall–Kier alpha value is -1.55. The molecule has 0 aliphatic rings. The van der Waals surface area contributed by atoms with E-state index in [1.54, 1.807) is 30.3 Å². The van der Waals surface area contributed by atoms with Gasteiger partial charge in [0.1, 0.15) is 11.6 Å². The van der Waals surface area contributed by atoms with Gasteiger partial charge in [0.2, 0.25) is 0 Å². The summed E-state index contributed by atoms with van der Waals surface area (Å²) in [5.41, 5.74) is 1.33. The Labute approximate surface area is 114 Å². The van der Waals surface area contributed by atoms with Gasteiger partial charge in [0.25, 0.3) is 0 Å². The molecule has 0 aliphatic heterocycles. The second kappa shape index (κ2) is 5.40. The minimum Gasteiger partial charge on any atom is -0.508 e. The van der Waals surface area contributed by atoms with E-state index in [4.69, 9.17) is 0 Å². The fraction of sp³-hybridized carbons (Fsp3) is 0.143. The van der Waals surface area contributed by atoms with Crippen LogP contribution >= 0.6 is 15.9 Å². The quantitative estimate of drug-likeness (QED) is 0.877. The highest BCUT2D eigenvalue weighted by Crippen LogP contribution is 2.26. The highest BCUT2D eigenvalue weighted by Gasteiger charge is 2.11. The van der Waals surface area contributed by atoms with E-state index in [9.17, 15) is 9.50 Å². The predicted molar refractivity (Wildman–Crippen MR) is 74.2 cm³/mol. The number of hydrogen-bond donors (Lipinski definition) is 2. The van der Waals surface area contributed by atoms with Gasteiger partial charge in [0.05, 0.1) is 6.04 Å². The topological polar surface area (TPSA) is 32.3 Å². The van der Waals surface area contributed by atoms with E-state index in [2.05, 4.69) is 21.2 Å². The summed E-state index contributed by atoms with van der Waals surface area (Å²) < 4.78 is 14.5. The van der Waals surface area contributed by atoms with Crippen molar-refractivity contribution >= 4 is 21.6 Å². The molecule has 0 fully saturated rings. The molecule has 2 N–H and O–H groups in total. The molecule has 1 atom stereocenters. The van der Waals surface area contributed by atoms with Crippen LogP contribution in [0.3, 0.4) is 0 Å². The molecule has 0 heterocycles. The third-order valence-corrected chi connectivity index (χ3v) is 3.15. The number of halogens is 2. The van der Waals surface area contributed by atoms with Gasteiger partial charge in [-0.1, -0.05) is 22.0 Å². The lowest BCUT2D eigenvalue weighted by Gasteiger charge is -2.16. The third kappa shape index (κ3) is 3.01. The van der Waals surface area contributed by atoms with Gasteiger partial charge in [-0.3, -0.25) is 0 Å². The van der Waals surface area contributed by atoms with Crippen molar-refractivity contribution in [3.05, 3.63) is 58.3 Å². The lowest BCUT2D eigenvalue weighted by molar-refractivity contribution is 0.475. The zero-order chi connectivity index (χ0) is 13.1. The molecular formula is C14H13BrFNO. The van der Waals surface area contributed by atoms with Crippen LogP contribution in [0.1, 0.15) is 18.5 Å². The van der Waals surface area contributed by atoms with Gasteiger partial charge in [-0.25, -0.2) is 4.39 Å². The van der Waals surface area contributed by atoms with E-state index in [1.807, 2.05) is 13.0 Å². The fourth-order valence-electron chi connectivity index (χ4n) is 1.77. The number of nitrogens with one attached hydrogen (secondary N) is 1. The van der Waals surface area contributed by atoms with Gasteiger partial charge < -0.3 is 10.4 Å². The van der Waals surface area contributed by atoms with Gasteiger partial charge in [-0.2, -0.15) is 0 Å². The van der Waals surface area contributed by atoms with Crippen molar-refractivity contribution < 1.29 is 9.50 Å². The molecule has 0 saturated heterocycles. The van der Waals surface area contributed by atoms with Crippen molar-refractivity contribution in [2.24, 2.45) is 0 Å². The zero-order valence-electron chi connectivity index (χ0n) is 9.82. The second-order valence-electron chi connectivity index (χ2n) is 4.08. The molecular weight excluding hydrogens is 297 g/mol. The maximum absolute atomic E-state index is 13.7. The van der Waals surface area contributed by atoms with E-state index >= 15 is 0 Å². The lowest BCUT2D eigenvalue weighted by atomic mass is 10.1. The Kier molecular flexibility index (Phi) is 3.87. The van der Waals surface area contributed by atoms with Crippen molar-refractivity contribution in [1.82, 2.24) is 0 Å². The van der Waals surface area contributed by atoms with Gasteiger partial charge in [-0.15, -0.1) is 0 Å². The van der Waals surface area contributed by atoms with Crippen molar-refractivity contribution in [1.29, 1.82) is 0 Å². The summed E-state index contributed by atoms with van der Waals surface area (Å²) in [5.74, 6) is -0.0692. The summed E-state index contributed by atoms with van der Waals surface area (Å²) in [6.45, 7) is 1.87. The summed E-state index contributed by atoms with van der Waals surface area (Å²) in [7, 11) is 0. The standard InChI is InChI=1S/C14H13BrFNO/c1-9(13-7-10(15)5-6-14(13)16)17-11-3-2-4-12(18)8-11/h2-9,17-18H,1H3. The molecule has 0 spiro atoms. The first kappa shape index (κ1) is 12.9. The van der Waals surface area contributed by atoms with E-state index in [0.29, 0.717) is 5.56 Å². The molecule has 2 aromatic rings. The molecule has 0 amide bonds. The van der Waals surface area contributed by atoms with E-state index in [-0.39, 0.29) is 17.6 Å². The molecule has 0 bridgehead atoms. The number of anilines is 1. The summed E-state index contributed by atoms with van der Waals surface area (Å²) in [6.07, 6.45) is 0. The number of benzene rings is 2. The lowest BCUT2D eigenvalue weighted by Crippen LogP contribution is -2.08. The predicted octanol–water partition coefficient (Wildman–Crippen LogP) is 4.47. The second-order valence-corrected chi connectivity index (χ2v) is 5.00. The molecule has 2 nitrogen and oxygen atoms in total.